The molecule has 0 radical (unpaired) electrons. The molecule has 2 bridgehead atoms. The van der Waals surface area contributed by atoms with Gasteiger partial charge < -0.3 is 18.9 Å². The fourth-order valence-electron chi connectivity index (χ4n) is 4.82. The number of ether oxygens (including phenoxy) is 5. The SMILES string of the molecule is CCCC12COC(c3ccc(C(F)(F)Oc4ccc(-c5cc(F)c(C(F)(F)OC(F)(F)F)c(F)c5)cc4)cc3)(OC1)O2. The summed E-state index contributed by atoms with van der Waals surface area (Å²) in [6, 6.07) is 9.91. The first-order valence-corrected chi connectivity index (χ1v) is 12.5. The number of hydrogen-bond donors (Lipinski definition) is 0. The van der Waals surface area contributed by atoms with Gasteiger partial charge in [-0.2, -0.15) is 17.6 Å². The predicted octanol–water partition coefficient (Wildman–Crippen LogP) is 8.07. The van der Waals surface area contributed by atoms with E-state index >= 15 is 0 Å². The number of halogens is 9. The third-order valence-corrected chi connectivity index (χ3v) is 6.69. The Morgan fingerprint density at radius 1 is 0.762 bits per heavy atom. The number of alkyl halides is 7. The Balaban J connectivity index is 1.29. The standard InChI is InChI=1S/C28H21F9O5/c1-2-11-24-14-38-27(41-24,39-15-24)19-7-5-18(6-8-19)25(31,32)40-20-9-3-16(4-10-20)17-12-21(29)23(22(30)13-17)26(33,34)42-28(35,36)37/h3-10,12-13H,2,11,14-15H2,1H3. The summed E-state index contributed by atoms with van der Waals surface area (Å²) in [6.45, 7) is 2.60. The van der Waals surface area contributed by atoms with Crippen LogP contribution in [0, 0.1) is 11.6 Å². The van der Waals surface area contributed by atoms with Crippen molar-refractivity contribution in [2.75, 3.05) is 13.2 Å². The molecule has 0 aliphatic carbocycles. The van der Waals surface area contributed by atoms with Crippen LogP contribution in [0.25, 0.3) is 11.1 Å². The third-order valence-electron chi connectivity index (χ3n) is 6.69. The summed E-state index contributed by atoms with van der Waals surface area (Å²) in [7, 11) is 0. The van der Waals surface area contributed by atoms with E-state index in [1.807, 2.05) is 6.92 Å². The average molecular weight is 608 g/mol. The van der Waals surface area contributed by atoms with Gasteiger partial charge >= 0.3 is 24.6 Å². The molecule has 2 saturated heterocycles. The molecule has 0 unspecified atom stereocenters. The van der Waals surface area contributed by atoms with Crippen molar-refractivity contribution in [3.8, 4) is 16.9 Å². The highest BCUT2D eigenvalue weighted by Crippen LogP contribution is 2.49. The van der Waals surface area contributed by atoms with Gasteiger partial charge in [0.1, 0.15) is 28.5 Å². The van der Waals surface area contributed by atoms with E-state index in [1.54, 1.807) is 0 Å². The minimum absolute atomic E-state index is 0.0362. The first-order chi connectivity index (χ1) is 19.6. The van der Waals surface area contributed by atoms with Gasteiger partial charge in [-0.05, 0) is 53.9 Å². The Hall–Kier alpha value is -3.33. The van der Waals surface area contributed by atoms with Gasteiger partial charge in [-0.25, -0.2) is 13.5 Å². The molecule has 3 aromatic rings. The van der Waals surface area contributed by atoms with Gasteiger partial charge in [-0.3, -0.25) is 0 Å². The highest BCUT2D eigenvalue weighted by Gasteiger charge is 2.59. The number of fused-ring (bicyclic) bond motifs is 2. The highest BCUT2D eigenvalue weighted by molar-refractivity contribution is 5.65. The average Bonchev–Trinajstić information content (AvgIpc) is 3.44. The first-order valence-electron chi connectivity index (χ1n) is 12.5. The van der Waals surface area contributed by atoms with E-state index in [9.17, 15) is 39.5 Å². The molecule has 2 heterocycles. The lowest BCUT2D eigenvalue weighted by Gasteiger charge is -2.25. The Kier molecular flexibility index (Phi) is 7.49. The number of rotatable bonds is 9. The fourth-order valence-corrected chi connectivity index (χ4v) is 4.82. The number of hydrogen-bond acceptors (Lipinski definition) is 5. The van der Waals surface area contributed by atoms with Crippen LogP contribution < -0.4 is 4.74 Å². The highest BCUT2D eigenvalue weighted by atomic mass is 19.4. The molecule has 0 atom stereocenters. The lowest BCUT2D eigenvalue weighted by atomic mass is 10.0. The van der Waals surface area contributed by atoms with E-state index < -0.39 is 52.9 Å². The normalized spacial score (nSPS) is 22.5. The quantitative estimate of drug-likeness (QED) is 0.230. The van der Waals surface area contributed by atoms with E-state index in [-0.39, 0.29) is 16.9 Å². The molecule has 42 heavy (non-hydrogen) atoms. The van der Waals surface area contributed by atoms with Crippen LogP contribution >= 0.6 is 0 Å². The summed E-state index contributed by atoms with van der Waals surface area (Å²) >= 11 is 0. The summed E-state index contributed by atoms with van der Waals surface area (Å²) in [6.07, 6.45) is -13.5. The van der Waals surface area contributed by atoms with Gasteiger partial charge in [0.15, 0.2) is 0 Å². The van der Waals surface area contributed by atoms with Crippen LogP contribution in [-0.2, 0) is 37.1 Å². The zero-order valence-corrected chi connectivity index (χ0v) is 21.5. The zero-order chi connectivity index (χ0) is 30.6. The Morgan fingerprint density at radius 2 is 1.33 bits per heavy atom. The maximum absolute atomic E-state index is 14.9. The molecular weight excluding hydrogens is 587 g/mol. The summed E-state index contributed by atoms with van der Waals surface area (Å²) in [4.78, 5) is 0. The van der Waals surface area contributed by atoms with Gasteiger partial charge in [0.2, 0.25) is 0 Å². The van der Waals surface area contributed by atoms with Crippen molar-refractivity contribution < 1.29 is 63.2 Å². The second-order valence-electron chi connectivity index (χ2n) is 9.77. The molecule has 0 N–H and O–H groups in total. The van der Waals surface area contributed by atoms with Crippen LogP contribution in [0.3, 0.4) is 0 Å². The largest absolute Gasteiger partial charge is 0.527 e. The molecule has 0 aromatic heterocycles. The van der Waals surface area contributed by atoms with E-state index in [1.165, 1.54) is 12.1 Å². The minimum atomic E-state index is -5.87. The van der Waals surface area contributed by atoms with Gasteiger partial charge in [0, 0.05) is 5.56 Å². The molecule has 3 aromatic carbocycles. The first kappa shape index (κ1) is 30.1. The monoisotopic (exact) mass is 608 g/mol. The molecule has 5 nitrogen and oxygen atoms in total. The minimum Gasteiger partial charge on any atom is -0.429 e. The Bertz CT molecular complexity index is 1410. The van der Waals surface area contributed by atoms with Crippen LogP contribution in [0.15, 0.2) is 60.7 Å². The molecule has 0 saturated carbocycles. The van der Waals surface area contributed by atoms with Crippen LogP contribution in [0.1, 0.15) is 36.5 Å². The maximum atomic E-state index is 14.9. The van der Waals surface area contributed by atoms with Gasteiger partial charge in [0.25, 0.3) is 0 Å². The topological polar surface area (TPSA) is 46.2 Å². The number of benzene rings is 3. The summed E-state index contributed by atoms with van der Waals surface area (Å²) in [5.41, 5.74) is -3.36. The van der Waals surface area contributed by atoms with Crippen molar-refractivity contribution >= 4 is 0 Å². The molecule has 0 amide bonds. The van der Waals surface area contributed by atoms with Crippen molar-refractivity contribution in [3.05, 3.63) is 89.0 Å². The Morgan fingerprint density at radius 3 is 1.86 bits per heavy atom. The van der Waals surface area contributed by atoms with Crippen molar-refractivity contribution in [2.24, 2.45) is 0 Å². The summed E-state index contributed by atoms with van der Waals surface area (Å²) in [5, 5.41) is 0. The second-order valence-corrected chi connectivity index (χ2v) is 9.77. The molecule has 0 spiro atoms. The lowest BCUT2D eigenvalue weighted by molar-refractivity contribution is -0.432. The predicted molar refractivity (Wildman–Crippen MR) is 126 cm³/mol. The zero-order valence-electron chi connectivity index (χ0n) is 21.5. The van der Waals surface area contributed by atoms with Crippen LogP contribution in [-0.4, -0.2) is 25.2 Å². The molecule has 14 heteroatoms. The van der Waals surface area contributed by atoms with E-state index in [2.05, 4.69) is 4.74 Å². The lowest BCUT2D eigenvalue weighted by Crippen LogP contribution is -2.35. The summed E-state index contributed by atoms with van der Waals surface area (Å²) < 4.78 is 147. The molecule has 2 aliphatic rings. The van der Waals surface area contributed by atoms with Crippen molar-refractivity contribution in [2.45, 2.75) is 49.9 Å². The summed E-state index contributed by atoms with van der Waals surface area (Å²) in [5.74, 6) is -5.86. The van der Waals surface area contributed by atoms with Crippen molar-refractivity contribution in [3.63, 3.8) is 0 Å². The van der Waals surface area contributed by atoms with E-state index in [0.29, 0.717) is 37.3 Å². The van der Waals surface area contributed by atoms with Crippen molar-refractivity contribution in [1.82, 2.24) is 0 Å². The third kappa shape index (κ3) is 5.80. The molecule has 2 fully saturated rings. The molecule has 5 rings (SSSR count). The molecule has 2 aliphatic heterocycles. The fraction of sp³-hybridized carbons (Fsp3) is 0.357. The van der Waals surface area contributed by atoms with E-state index in [4.69, 9.17) is 18.9 Å². The Labute approximate surface area is 232 Å². The van der Waals surface area contributed by atoms with Crippen molar-refractivity contribution in [1.29, 1.82) is 0 Å². The second kappa shape index (κ2) is 10.4. The van der Waals surface area contributed by atoms with Gasteiger partial charge in [0.05, 0.1) is 18.8 Å². The van der Waals surface area contributed by atoms with Crippen LogP contribution in [0.5, 0.6) is 5.75 Å². The maximum Gasteiger partial charge on any atom is 0.527 e. The van der Waals surface area contributed by atoms with Crippen LogP contribution in [0.2, 0.25) is 0 Å². The molecule has 226 valence electrons. The van der Waals surface area contributed by atoms with Gasteiger partial charge in [-0.1, -0.05) is 37.6 Å². The van der Waals surface area contributed by atoms with Gasteiger partial charge in [-0.15, -0.1) is 13.2 Å². The van der Waals surface area contributed by atoms with E-state index in [0.717, 1.165) is 42.8 Å². The van der Waals surface area contributed by atoms with Crippen LogP contribution in [0.4, 0.5) is 39.5 Å². The smallest absolute Gasteiger partial charge is 0.429 e. The molecular formula is C28H21F9O5.